The van der Waals surface area contributed by atoms with Gasteiger partial charge in [-0.1, -0.05) is 94.4 Å². The van der Waals surface area contributed by atoms with E-state index < -0.39 is 8.32 Å². The fraction of sp³-hybridized carbons (Fsp3) is 0.364. The molecular formula is C22H28Br2OSi. The third-order valence-electron chi connectivity index (χ3n) is 4.72. The van der Waals surface area contributed by atoms with Crippen LogP contribution in [-0.4, -0.2) is 14.9 Å². The minimum Gasteiger partial charge on any atom is -0.407 e. The first-order valence-electron chi connectivity index (χ1n) is 9.05. The Kier molecular flexibility index (Phi) is 7.89. The highest BCUT2D eigenvalue weighted by molar-refractivity contribution is 9.28. The van der Waals surface area contributed by atoms with Gasteiger partial charge in [0.15, 0.2) is 0 Å². The van der Waals surface area contributed by atoms with Gasteiger partial charge in [0, 0.05) is 6.61 Å². The van der Waals surface area contributed by atoms with Gasteiger partial charge in [-0.3, -0.25) is 0 Å². The Morgan fingerprint density at radius 1 is 0.962 bits per heavy atom. The normalized spacial score (nSPS) is 13.3. The number of hydrogen-bond donors (Lipinski definition) is 0. The maximum absolute atomic E-state index is 6.90. The van der Waals surface area contributed by atoms with Crippen molar-refractivity contribution in [2.24, 2.45) is 5.92 Å². The quantitative estimate of drug-likeness (QED) is 0.414. The lowest BCUT2D eigenvalue weighted by Gasteiger charge is -2.43. The summed E-state index contributed by atoms with van der Waals surface area (Å²) in [6, 6.07) is 21.6. The van der Waals surface area contributed by atoms with Gasteiger partial charge in [-0.25, -0.2) is 0 Å². The average Bonchev–Trinajstić information content (AvgIpc) is 2.58. The Bertz CT molecular complexity index is 664. The predicted octanol–water partition coefficient (Wildman–Crippen LogP) is 6.22. The summed E-state index contributed by atoms with van der Waals surface area (Å²) >= 11 is 6.91. The molecule has 0 amide bonds. The van der Waals surface area contributed by atoms with E-state index in [2.05, 4.69) is 126 Å². The highest BCUT2D eigenvalue weighted by Crippen LogP contribution is 2.37. The smallest absolute Gasteiger partial charge is 0.261 e. The van der Waals surface area contributed by atoms with Crippen molar-refractivity contribution in [3.8, 4) is 0 Å². The second-order valence-corrected chi connectivity index (χ2v) is 14.8. The molecule has 1 unspecified atom stereocenters. The molecule has 0 aliphatic carbocycles. The van der Waals surface area contributed by atoms with Crippen LogP contribution in [-0.2, 0) is 4.43 Å². The Balaban J connectivity index is 2.42. The van der Waals surface area contributed by atoms with Gasteiger partial charge in [-0.2, -0.15) is 0 Å². The zero-order chi connectivity index (χ0) is 19.2. The maximum Gasteiger partial charge on any atom is 0.261 e. The molecule has 140 valence electrons. The zero-order valence-corrected chi connectivity index (χ0v) is 20.2. The number of halogens is 2. The van der Waals surface area contributed by atoms with Crippen LogP contribution < -0.4 is 10.4 Å². The van der Waals surface area contributed by atoms with Crippen LogP contribution in [0.15, 0.2) is 70.1 Å². The molecule has 0 N–H and O–H groups in total. The minimum absolute atomic E-state index is 0.0325. The first-order valence-corrected chi connectivity index (χ1v) is 12.5. The van der Waals surface area contributed by atoms with Gasteiger partial charge in [0.2, 0.25) is 0 Å². The number of hydrogen-bond acceptors (Lipinski definition) is 1. The molecular weight excluding hydrogens is 468 g/mol. The molecule has 0 aliphatic rings. The van der Waals surface area contributed by atoms with Crippen LogP contribution in [0.25, 0.3) is 0 Å². The standard InChI is InChI=1S/C22H28Br2OSi/c1-18(17-21(23)24)15-16-25-26(22(2,3)4,19-11-7-5-8-12-19)20-13-9-6-10-14-20/h5-14,17-18H,15-16H2,1-4H3. The second kappa shape index (κ2) is 9.49. The molecule has 0 radical (unpaired) electrons. The van der Waals surface area contributed by atoms with Crippen molar-refractivity contribution >= 4 is 50.6 Å². The fourth-order valence-electron chi connectivity index (χ4n) is 3.46. The monoisotopic (exact) mass is 494 g/mol. The van der Waals surface area contributed by atoms with Crippen molar-refractivity contribution in [3.05, 3.63) is 70.1 Å². The van der Waals surface area contributed by atoms with Crippen molar-refractivity contribution in [1.82, 2.24) is 0 Å². The van der Waals surface area contributed by atoms with Crippen molar-refractivity contribution in [3.63, 3.8) is 0 Å². The van der Waals surface area contributed by atoms with Crippen molar-refractivity contribution in [2.75, 3.05) is 6.61 Å². The Labute approximate surface area is 176 Å². The molecule has 0 aromatic heterocycles. The van der Waals surface area contributed by atoms with E-state index in [1.807, 2.05) is 0 Å². The van der Waals surface area contributed by atoms with E-state index in [1.54, 1.807) is 0 Å². The second-order valence-electron chi connectivity index (χ2n) is 7.73. The van der Waals surface area contributed by atoms with Gasteiger partial charge in [0.25, 0.3) is 8.32 Å². The van der Waals surface area contributed by atoms with Crippen LogP contribution in [0, 0.1) is 5.92 Å². The van der Waals surface area contributed by atoms with Gasteiger partial charge in [0.1, 0.15) is 0 Å². The summed E-state index contributed by atoms with van der Waals surface area (Å²) in [5.74, 6) is 0.446. The van der Waals surface area contributed by atoms with Crippen LogP contribution in [0.1, 0.15) is 34.1 Å². The van der Waals surface area contributed by atoms with Crippen molar-refractivity contribution in [1.29, 1.82) is 0 Å². The van der Waals surface area contributed by atoms with Gasteiger partial charge in [0.05, 0.1) is 3.39 Å². The third-order valence-corrected chi connectivity index (χ3v) is 10.3. The van der Waals surface area contributed by atoms with E-state index >= 15 is 0 Å². The molecule has 2 rings (SSSR count). The molecule has 1 atom stereocenters. The van der Waals surface area contributed by atoms with E-state index in [0.29, 0.717) is 5.92 Å². The predicted molar refractivity (Wildman–Crippen MR) is 123 cm³/mol. The van der Waals surface area contributed by atoms with Gasteiger partial charge in [-0.05, 0) is 59.6 Å². The molecule has 0 fully saturated rings. The van der Waals surface area contributed by atoms with E-state index in [1.165, 1.54) is 10.4 Å². The third kappa shape index (κ3) is 5.19. The van der Waals surface area contributed by atoms with Crippen LogP contribution in [0.4, 0.5) is 0 Å². The van der Waals surface area contributed by atoms with Gasteiger partial charge < -0.3 is 4.43 Å². The molecule has 0 spiro atoms. The summed E-state index contributed by atoms with van der Waals surface area (Å²) in [5, 5.41) is 2.71. The van der Waals surface area contributed by atoms with Crippen LogP contribution in [0.5, 0.6) is 0 Å². The molecule has 4 heteroatoms. The van der Waals surface area contributed by atoms with E-state index in [0.717, 1.165) is 16.4 Å². The maximum atomic E-state index is 6.90. The molecule has 0 saturated carbocycles. The number of rotatable bonds is 7. The SMILES string of the molecule is CC(C=C(Br)Br)CCO[Si](c1ccccc1)(c1ccccc1)C(C)(C)C. The molecule has 26 heavy (non-hydrogen) atoms. The summed E-state index contributed by atoms with van der Waals surface area (Å²) < 4.78 is 7.90. The molecule has 2 aromatic rings. The highest BCUT2D eigenvalue weighted by atomic mass is 79.9. The Morgan fingerprint density at radius 3 is 1.81 bits per heavy atom. The minimum atomic E-state index is -2.40. The Hall–Kier alpha value is -0.683. The van der Waals surface area contributed by atoms with Crippen LogP contribution in [0.3, 0.4) is 0 Å². The van der Waals surface area contributed by atoms with Crippen molar-refractivity contribution in [2.45, 2.75) is 39.2 Å². The average molecular weight is 496 g/mol. The Morgan fingerprint density at radius 2 is 1.42 bits per heavy atom. The summed E-state index contributed by atoms with van der Waals surface area (Å²) in [5.41, 5.74) is 0. The first-order chi connectivity index (χ1) is 12.3. The molecule has 0 saturated heterocycles. The van der Waals surface area contributed by atoms with Gasteiger partial charge >= 0.3 is 0 Å². The first kappa shape index (κ1) is 21.6. The molecule has 0 aliphatic heterocycles. The summed E-state index contributed by atoms with van der Waals surface area (Å²) in [6.45, 7) is 9.92. The van der Waals surface area contributed by atoms with E-state index in [4.69, 9.17) is 4.43 Å². The summed E-state index contributed by atoms with van der Waals surface area (Å²) in [6.07, 6.45) is 3.17. The van der Waals surface area contributed by atoms with Crippen LogP contribution >= 0.6 is 31.9 Å². The highest BCUT2D eigenvalue weighted by Gasteiger charge is 2.49. The number of allylic oxidation sites excluding steroid dienone is 1. The molecule has 0 bridgehead atoms. The number of benzene rings is 2. The zero-order valence-electron chi connectivity index (χ0n) is 16.0. The lowest BCUT2D eigenvalue weighted by molar-refractivity contribution is 0.278. The fourth-order valence-corrected chi connectivity index (χ4v) is 8.94. The topological polar surface area (TPSA) is 9.23 Å². The van der Waals surface area contributed by atoms with Crippen LogP contribution in [0.2, 0.25) is 5.04 Å². The van der Waals surface area contributed by atoms with E-state index in [-0.39, 0.29) is 5.04 Å². The molecule has 0 heterocycles. The molecule has 1 nitrogen and oxygen atoms in total. The summed E-state index contributed by atoms with van der Waals surface area (Å²) in [7, 11) is -2.40. The molecule has 2 aromatic carbocycles. The largest absolute Gasteiger partial charge is 0.407 e. The lowest BCUT2D eigenvalue weighted by Crippen LogP contribution is -2.66. The van der Waals surface area contributed by atoms with Crippen molar-refractivity contribution < 1.29 is 4.43 Å². The summed E-state index contributed by atoms with van der Waals surface area (Å²) in [4.78, 5) is 0. The lowest BCUT2D eigenvalue weighted by atomic mass is 10.1. The van der Waals surface area contributed by atoms with Gasteiger partial charge in [-0.15, -0.1) is 0 Å². The van der Waals surface area contributed by atoms with E-state index in [9.17, 15) is 0 Å².